The van der Waals surface area contributed by atoms with E-state index in [2.05, 4.69) is 34.4 Å². The number of hydrogen-bond acceptors (Lipinski definition) is 7. The number of furan rings is 1. The first kappa shape index (κ1) is 25.9. The van der Waals surface area contributed by atoms with E-state index in [9.17, 15) is 14.4 Å². The van der Waals surface area contributed by atoms with Crippen molar-refractivity contribution in [2.75, 3.05) is 45.6 Å². The molecule has 0 radical (unpaired) electrons. The topological polar surface area (TPSA) is 108 Å². The summed E-state index contributed by atoms with van der Waals surface area (Å²) in [6.45, 7) is 8.65. The molecule has 9 nitrogen and oxygen atoms in total. The molecule has 0 aliphatic carbocycles. The summed E-state index contributed by atoms with van der Waals surface area (Å²) in [7, 11) is 4.06. The van der Waals surface area contributed by atoms with Gasteiger partial charge in [-0.05, 0) is 45.3 Å². The summed E-state index contributed by atoms with van der Waals surface area (Å²) in [5, 5.41) is 8.07. The molecule has 0 atom stereocenters. The number of nitrogens with zero attached hydrogens (tertiary/aromatic N) is 3. The Hall–Kier alpha value is -2.72. The summed E-state index contributed by atoms with van der Waals surface area (Å²) in [4.78, 5) is 46.0. The van der Waals surface area contributed by atoms with E-state index in [1.54, 1.807) is 23.3 Å². The van der Waals surface area contributed by atoms with Gasteiger partial charge >= 0.3 is 0 Å². The fourth-order valence-electron chi connectivity index (χ4n) is 4.27. The van der Waals surface area contributed by atoms with E-state index >= 15 is 0 Å². The van der Waals surface area contributed by atoms with Crippen LogP contribution in [-0.2, 0) is 16.0 Å². The Kier molecular flexibility index (Phi) is 8.48. The molecule has 0 saturated carbocycles. The van der Waals surface area contributed by atoms with E-state index in [1.165, 1.54) is 17.6 Å². The lowest BCUT2D eigenvalue weighted by Crippen LogP contribution is -2.46. The minimum Gasteiger partial charge on any atom is -0.469 e. The van der Waals surface area contributed by atoms with Gasteiger partial charge in [0.2, 0.25) is 11.8 Å². The normalized spacial score (nSPS) is 14.9. The molecule has 0 aromatic carbocycles. The van der Waals surface area contributed by atoms with Crippen LogP contribution in [0.25, 0.3) is 0 Å². The van der Waals surface area contributed by atoms with E-state index in [-0.39, 0.29) is 35.5 Å². The predicted molar refractivity (Wildman–Crippen MR) is 132 cm³/mol. The minimum atomic E-state index is -0.288. The molecule has 0 bridgehead atoms. The highest BCUT2D eigenvalue weighted by Crippen LogP contribution is 2.22. The second kappa shape index (κ2) is 11.1. The van der Waals surface area contributed by atoms with Gasteiger partial charge in [0.15, 0.2) is 5.13 Å². The van der Waals surface area contributed by atoms with E-state index in [1.807, 2.05) is 14.1 Å². The summed E-state index contributed by atoms with van der Waals surface area (Å²) in [6, 6.07) is 1.61. The Bertz CT molecular complexity index is 1000. The van der Waals surface area contributed by atoms with Crippen LogP contribution < -0.4 is 10.6 Å². The van der Waals surface area contributed by atoms with Crippen molar-refractivity contribution in [3.05, 3.63) is 34.7 Å². The number of carbonyl (C=O) groups excluding carboxylic acids is 3. The molecule has 10 heteroatoms. The zero-order valence-electron chi connectivity index (χ0n) is 20.6. The maximum Gasteiger partial charge on any atom is 0.260 e. The number of aryl methyl sites for hydroxylation is 1. The Morgan fingerprint density at radius 1 is 1.26 bits per heavy atom. The molecule has 1 aliphatic rings. The second-order valence-corrected chi connectivity index (χ2v) is 10.8. The second-order valence-electron chi connectivity index (χ2n) is 9.94. The van der Waals surface area contributed by atoms with Crippen LogP contribution in [0.2, 0.25) is 0 Å². The van der Waals surface area contributed by atoms with Crippen LogP contribution in [0.3, 0.4) is 0 Å². The van der Waals surface area contributed by atoms with Crippen molar-refractivity contribution < 1.29 is 18.8 Å². The summed E-state index contributed by atoms with van der Waals surface area (Å²) >= 11 is 1.28. The largest absolute Gasteiger partial charge is 0.469 e. The van der Waals surface area contributed by atoms with Crippen molar-refractivity contribution in [1.82, 2.24) is 20.1 Å². The molecule has 1 saturated heterocycles. The highest BCUT2D eigenvalue weighted by atomic mass is 32.1. The fourth-order valence-corrected chi connectivity index (χ4v) is 4.98. The van der Waals surface area contributed by atoms with Crippen molar-refractivity contribution in [3.63, 3.8) is 0 Å². The molecule has 2 aromatic heterocycles. The molecule has 186 valence electrons. The molecule has 3 rings (SSSR count). The van der Waals surface area contributed by atoms with Gasteiger partial charge in [0.05, 0.1) is 23.9 Å². The Morgan fingerprint density at radius 3 is 2.59 bits per heavy atom. The molecular formula is C24H35N5O4S. The van der Waals surface area contributed by atoms with Crippen LogP contribution >= 0.6 is 11.3 Å². The molecule has 34 heavy (non-hydrogen) atoms. The zero-order chi connectivity index (χ0) is 24.9. The number of aromatic nitrogens is 1. The van der Waals surface area contributed by atoms with E-state index < -0.39 is 0 Å². The van der Waals surface area contributed by atoms with Crippen LogP contribution in [0.5, 0.6) is 0 Å². The van der Waals surface area contributed by atoms with Crippen LogP contribution in [-0.4, -0.2) is 72.8 Å². The van der Waals surface area contributed by atoms with Gasteiger partial charge in [-0.15, -0.1) is 11.3 Å². The van der Waals surface area contributed by atoms with Crippen molar-refractivity contribution in [3.8, 4) is 0 Å². The number of amides is 3. The van der Waals surface area contributed by atoms with E-state index in [0.29, 0.717) is 54.6 Å². The van der Waals surface area contributed by atoms with Gasteiger partial charge < -0.3 is 19.5 Å². The predicted octanol–water partition coefficient (Wildman–Crippen LogP) is 2.78. The molecule has 1 fully saturated rings. The average Bonchev–Trinajstić information content (AvgIpc) is 3.39. The molecule has 1 aliphatic heterocycles. The van der Waals surface area contributed by atoms with Gasteiger partial charge in [0, 0.05) is 37.5 Å². The minimum absolute atomic E-state index is 0.000954. The first-order valence-electron chi connectivity index (χ1n) is 11.5. The van der Waals surface area contributed by atoms with Crippen molar-refractivity contribution in [2.45, 2.75) is 40.0 Å². The molecule has 3 amide bonds. The van der Waals surface area contributed by atoms with Gasteiger partial charge in [-0.3, -0.25) is 19.7 Å². The van der Waals surface area contributed by atoms with Crippen molar-refractivity contribution in [1.29, 1.82) is 0 Å². The van der Waals surface area contributed by atoms with Gasteiger partial charge in [-0.25, -0.2) is 4.98 Å². The number of thiazole rings is 1. The molecule has 2 N–H and O–H groups in total. The lowest BCUT2D eigenvalue weighted by atomic mass is 9.91. The third-order valence-electron chi connectivity index (χ3n) is 5.91. The fraction of sp³-hybridized carbons (Fsp3) is 0.583. The third kappa shape index (κ3) is 7.14. The maximum absolute atomic E-state index is 12.8. The number of hydrogen-bond donors (Lipinski definition) is 2. The maximum atomic E-state index is 12.8. The summed E-state index contributed by atoms with van der Waals surface area (Å²) in [6.07, 6.45) is 2.96. The van der Waals surface area contributed by atoms with Crippen LogP contribution in [0.15, 0.2) is 22.1 Å². The number of carbonyl (C=O) groups is 3. The Labute approximate surface area is 204 Å². The third-order valence-corrected chi connectivity index (χ3v) is 6.72. The van der Waals surface area contributed by atoms with Crippen LogP contribution in [0.4, 0.5) is 5.13 Å². The SMILES string of the molecule is Cc1occc1C(=O)Nc1nc(CC(=O)N2CCC(C(=O)NCC(C)(C)CN(C)C)CC2)cs1. The van der Waals surface area contributed by atoms with E-state index in [0.717, 1.165) is 6.54 Å². The number of anilines is 1. The van der Waals surface area contributed by atoms with Crippen molar-refractivity contribution in [2.24, 2.45) is 11.3 Å². The average molecular weight is 490 g/mol. The van der Waals surface area contributed by atoms with Gasteiger partial charge in [0.1, 0.15) is 5.76 Å². The molecule has 0 spiro atoms. The number of nitrogens with one attached hydrogen (secondary N) is 2. The highest BCUT2D eigenvalue weighted by molar-refractivity contribution is 7.14. The highest BCUT2D eigenvalue weighted by Gasteiger charge is 2.29. The monoisotopic (exact) mass is 489 g/mol. The standard InChI is InChI=1S/C24H35N5O4S/c1-16-19(8-11-33-16)22(32)27-23-26-18(13-34-23)12-20(30)29-9-6-17(7-10-29)21(31)25-14-24(2,3)15-28(4)5/h8,11,13,17H,6-7,9-10,12,14-15H2,1-5H3,(H,25,31)(H,26,27,32). The quantitative estimate of drug-likeness (QED) is 0.561. The van der Waals surface area contributed by atoms with Gasteiger partial charge in [-0.1, -0.05) is 13.8 Å². The smallest absolute Gasteiger partial charge is 0.260 e. The van der Waals surface area contributed by atoms with Crippen molar-refractivity contribution >= 4 is 34.2 Å². The number of piperidine rings is 1. The summed E-state index contributed by atoms with van der Waals surface area (Å²) < 4.78 is 5.16. The van der Waals surface area contributed by atoms with Gasteiger partial charge in [0.25, 0.3) is 5.91 Å². The van der Waals surface area contributed by atoms with Gasteiger partial charge in [-0.2, -0.15) is 0 Å². The zero-order valence-corrected chi connectivity index (χ0v) is 21.5. The lowest BCUT2D eigenvalue weighted by molar-refractivity contribution is -0.135. The molecule has 2 aromatic rings. The molecule has 0 unspecified atom stereocenters. The first-order chi connectivity index (χ1) is 16.0. The summed E-state index contributed by atoms with van der Waals surface area (Å²) in [5.41, 5.74) is 1.08. The molecular weight excluding hydrogens is 454 g/mol. The number of rotatable bonds is 9. The Balaban J connectivity index is 1.43. The van der Waals surface area contributed by atoms with Crippen LogP contribution in [0, 0.1) is 18.3 Å². The molecule has 3 heterocycles. The number of likely N-dealkylation sites (tertiary alicyclic amines) is 1. The van der Waals surface area contributed by atoms with E-state index in [4.69, 9.17) is 4.42 Å². The van der Waals surface area contributed by atoms with Crippen LogP contribution in [0.1, 0.15) is 48.5 Å². The first-order valence-corrected chi connectivity index (χ1v) is 12.4. The summed E-state index contributed by atoms with van der Waals surface area (Å²) in [5.74, 6) is 0.251. The lowest BCUT2D eigenvalue weighted by Gasteiger charge is -2.33. The Morgan fingerprint density at radius 2 is 1.97 bits per heavy atom.